The van der Waals surface area contributed by atoms with Crippen LogP contribution in [0.15, 0.2) is 6.20 Å². The maximum absolute atomic E-state index is 12.0. The Morgan fingerprint density at radius 2 is 2.17 bits per heavy atom. The number of sulfonamides is 1. The van der Waals surface area contributed by atoms with E-state index in [2.05, 4.69) is 9.82 Å². The van der Waals surface area contributed by atoms with Gasteiger partial charge >= 0.3 is 0 Å². The van der Waals surface area contributed by atoms with Crippen molar-refractivity contribution in [1.82, 2.24) is 14.5 Å². The van der Waals surface area contributed by atoms with Crippen LogP contribution in [-0.4, -0.2) is 30.0 Å². The predicted molar refractivity (Wildman–Crippen MR) is 71.5 cm³/mol. The second-order valence-corrected chi connectivity index (χ2v) is 6.31. The number of rotatable bonds is 7. The summed E-state index contributed by atoms with van der Waals surface area (Å²) >= 11 is 0. The van der Waals surface area contributed by atoms with Crippen LogP contribution in [0, 0.1) is 0 Å². The van der Waals surface area contributed by atoms with Crippen molar-refractivity contribution in [2.75, 3.05) is 6.54 Å². The maximum atomic E-state index is 12.0. The molecule has 104 valence electrons. The fourth-order valence-corrected chi connectivity index (χ4v) is 3.12. The Bertz CT molecular complexity index is 477. The molecule has 0 saturated heterocycles. The zero-order valence-corrected chi connectivity index (χ0v) is 12.0. The molecule has 1 rings (SSSR count). The van der Waals surface area contributed by atoms with Gasteiger partial charge in [-0.15, -0.1) is 0 Å². The predicted octanol–water partition coefficient (Wildman–Crippen LogP) is 0.139. The lowest BCUT2D eigenvalue weighted by Crippen LogP contribution is -2.38. The van der Waals surface area contributed by atoms with Gasteiger partial charge in [-0.25, -0.2) is 13.1 Å². The number of aromatic nitrogens is 2. The largest absolute Gasteiger partial charge is 0.329 e. The summed E-state index contributed by atoms with van der Waals surface area (Å²) < 4.78 is 28.2. The molecule has 0 aromatic carbocycles. The third-order valence-electron chi connectivity index (χ3n) is 2.95. The molecule has 0 aliphatic carbocycles. The highest BCUT2D eigenvalue weighted by atomic mass is 32.2. The second-order valence-electron chi connectivity index (χ2n) is 4.26. The van der Waals surface area contributed by atoms with Crippen LogP contribution in [0.1, 0.15) is 31.5 Å². The molecule has 3 N–H and O–H groups in total. The first-order chi connectivity index (χ1) is 8.44. The first kappa shape index (κ1) is 15.1. The van der Waals surface area contributed by atoms with E-state index in [9.17, 15) is 8.42 Å². The summed E-state index contributed by atoms with van der Waals surface area (Å²) in [6.07, 6.45) is 3.14. The van der Waals surface area contributed by atoms with Gasteiger partial charge in [-0.1, -0.05) is 13.8 Å². The summed E-state index contributed by atoms with van der Waals surface area (Å²) in [5.41, 5.74) is 7.29. The van der Waals surface area contributed by atoms with Crippen LogP contribution >= 0.6 is 0 Å². The van der Waals surface area contributed by atoms with E-state index in [1.807, 2.05) is 27.1 Å². The van der Waals surface area contributed by atoms with Crippen molar-refractivity contribution in [3.05, 3.63) is 17.5 Å². The Balaban J connectivity index is 2.75. The summed E-state index contributed by atoms with van der Waals surface area (Å²) in [7, 11) is -1.52. The van der Waals surface area contributed by atoms with Crippen molar-refractivity contribution in [3.8, 4) is 0 Å². The van der Waals surface area contributed by atoms with Gasteiger partial charge in [0.1, 0.15) is 0 Å². The summed E-state index contributed by atoms with van der Waals surface area (Å²) in [6.45, 7) is 4.22. The molecule has 0 fully saturated rings. The van der Waals surface area contributed by atoms with E-state index < -0.39 is 15.3 Å². The van der Waals surface area contributed by atoms with Crippen LogP contribution in [0.3, 0.4) is 0 Å². The molecule has 0 saturated carbocycles. The van der Waals surface area contributed by atoms with Gasteiger partial charge in [-0.3, -0.25) is 4.68 Å². The van der Waals surface area contributed by atoms with E-state index in [1.165, 1.54) is 0 Å². The quantitative estimate of drug-likeness (QED) is 0.740. The molecule has 6 nitrogen and oxygen atoms in total. The number of aryl methyl sites for hydroxylation is 2. The zero-order chi connectivity index (χ0) is 13.8. The second kappa shape index (κ2) is 6.31. The fourth-order valence-electron chi connectivity index (χ4n) is 1.84. The number of nitrogens with two attached hydrogens (primary N) is 1. The lowest BCUT2D eigenvalue weighted by Gasteiger charge is -2.14. The van der Waals surface area contributed by atoms with Crippen LogP contribution < -0.4 is 10.5 Å². The number of nitrogens with zero attached hydrogens (tertiary/aromatic N) is 2. The molecular formula is C11H22N4O2S. The average Bonchev–Trinajstić information content (AvgIpc) is 2.68. The van der Waals surface area contributed by atoms with Gasteiger partial charge in [0.15, 0.2) is 0 Å². The molecule has 7 heteroatoms. The van der Waals surface area contributed by atoms with Gasteiger partial charge < -0.3 is 5.73 Å². The summed E-state index contributed by atoms with van der Waals surface area (Å²) in [6, 6.07) is 0. The standard InChI is InChI=1S/C11H22N4O2S/c1-4-10(6-12)18(16,17)13-7-9-8-15(3)14-11(9)5-2/h8,10,13H,4-7,12H2,1-3H3. The molecule has 18 heavy (non-hydrogen) atoms. The van der Waals surface area contributed by atoms with Crippen molar-refractivity contribution in [3.63, 3.8) is 0 Å². The summed E-state index contributed by atoms with van der Waals surface area (Å²) in [5, 5.41) is 3.74. The Hall–Kier alpha value is -0.920. The summed E-state index contributed by atoms with van der Waals surface area (Å²) in [4.78, 5) is 0. The first-order valence-electron chi connectivity index (χ1n) is 6.14. The Labute approximate surface area is 109 Å². The first-order valence-corrected chi connectivity index (χ1v) is 7.69. The molecule has 1 heterocycles. The lowest BCUT2D eigenvalue weighted by atomic mass is 10.2. The van der Waals surface area contributed by atoms with Gasteiger partial charge in [0.25, 0.3) is 0 Å². The molecule has 1 aromatic heterocycles. The summed E-state index contributed by atoms with van der Waals surface area (Å²) in [5.74, 6) is 0. The molecular weight excluding hydrogens is 252 g/mol. The van der Waals surface area contributed by atoms with Gasteiger partial charge in [-0.05, 0) is 12.8 Å². The molecule has 1 aromatic rings. The molecule has 0 aliphatic rings. The highest BCUT2D eigenvalue weighted by Crippen LogP contribution is 2.09. The molecule has 0 aliphatic heterocycles. The van der Waals surface area contributed by atoms with Crippen molar-refractivity contribution in [2.45, 2.75) is 38.5 Å². The SMILES string of the molecule is CCc1nn(C)cc1CNS(=O)(=O)C(CC)CN. The fraction of sp³-hybridized carbons (Fsp3) is 0.727. The average molecular weight is 274 g/mol. The number of hydrogen-bond donors (Lipinski definition) is 2. The van der Waals surface area contributed by atoms with Crippen LogP contribution in [-0.2, 0) is 30.0 Å². The van der Waals surface area contributed by atoms with Gasteiger partial charge in [0.05, 0.1) is 10.9 Å². The zero-order valence-electron chi connectivity index (χ0n) is 11.2. The number of nitrogens with one attached hydrogen (secondary N) is 1. The smallest absolute Gasteiger partial charge is 0.216 e. The maximum Gasteiger partial charge on any atom is 0.216 e. The van der Waals surface area contributed by atoms with Crippen LogP contribution in [0.25, 0.3) is 0 Å². The van der Waals surface area contributed by atoms with Crippen molar-refractivity contribution in [2.24, 2.45) is 12.8 Å². The molecule has 1 atom stereocenters. The van der Waals surface area contributed by atoms with Gasteiger partial charge in [0, 0.05) is 31.9 Å². The number of hydrogen-bond acceptors (Lipinski definition) is 4. The van der Waals surface area contributed by atoms with E-state index in [-0.39, 0.29) is 13.1 Å². The lowest BCUT2D eigenvalue weighted by molar-refractivity contribution is 0.560. The minimum Gasteiger partial charge on any atom is -0.329 e. The third kappa shape index (κ3) is 3.54. The molecule has 0 spiro atoms. The molecule has 0 amide bonds. The van der Waals surface area contributed by atoms with Crippen LogP contribution in [0.5, 0.6) is 0 Å². The van der Waals surface area contributed by atoms with E-state index in [1.54, 1.807) is 4.68 Å². The molecule has 0 bridgehead atoms. The third-order valence-corrected chi connectivity index (χ3v) is 4.90. The highest BCUT2D eigenvalue weighted by molar-refractivity contribution is 7.90. The van der Waals surface area contributed by atoms with Gasteiger partial charge in [0.2, 0.25) is 10.0 Å². The Morgan fingerprint density at radius 3 is 2.67 bits per heavy atom. The van der Waals surface area contributed by atoms with Crippen LogP contribution in [0.2, 0.25) is 0 Å². The van der Waals surface area contributed by atoms with E-state index in [0.29, 0.717) is 6.42 Å². The van der Waals surface area contributed by atoms with Crippen molar-refractivity contribution < 1.29 is 8.42 Å². The highest BCUT2D eigenvalue weighted by Gasteiger charge is 2.22. The minimum atomic E-state index is -3.35. The normalized spacial score (nSPS) is 13.8. The van der Waals surface area contributed by atoms with E-state index in [4.69, 9.17) is 5.73 Å². The van der Waals surface area contributed by atoms with Crippen molar-refractivity contribution >= 4 is 10.0 Å². The van der Waals surface area contributed by atoms with Crippen molar-refractivity contribution in [1.29, 1.82) is 0 Å². The topological polar surface area (TPSA) is 90.0 Å². The molecule has 1 unspecified atom stereocenters. The van der Waals surface area contributed by atoms with E-state index in [0.717, 1.165) is 17.7 Å². The monoisotopic (exact) mass is 274 g/mol. The van der Waals surface area contributed by atoms with E-state index >= 15 is 0 Å². The van der Waals surface area contributed by atoms with Crippen LogP contribution in [0.4, 0.5) is 0 Å². The van der Waals surface area contributed by atoms with Gasteiger partial charge in [-0.2, -0.15) is 5.10 Å². The Morgan fingerprint density at radius 1 is 1.50 bits per heavy atom. The minimum absolute atomic E-state index is 0.138. The Kier molecular flexibility index (Phi) is 5.30. The molecule has 0 radical (unpaired) electrons.